The molecule has 0 spiro atoms. The van der Waals surface area contributed by atoms with Gasteiger partial charge >= 0.3 is 6.03 Å². The van der Waals surface area contributed by atoms with Gasteiger partial charge in [-0.05, 0) is 97.8 Å². The van der Waals surface area contributed by atoms with Gasteiger partial charge in [0.25, 0.3) is 11.7 Å². The van der Waals surface area contributed by atoms with Gasteiger partial charge in [0, 0.05) is 104 Å². The summed E-state index contributed by atoms with van der Waals surface area (Å²) in [5.41, 5.74) is 7.10. The number of benzene rings is 3. The first kappa shape index (κ1) is 42.6. The van der Waals surface area contributed by atoms with Crippen LogP contribution < -0.4 is 25.3 Å². The molecule has 1 atom stereocenters. The molecule has 3 N–H and O–H groups in total. The van der Waals surface area contributed by atoms with Crippen LogP contribution in [0.1, 0.15) is 80.6 Å². The molecule has 0 aliphatic carbocycles. The molecule has 64 heavy (non-hydrogen) atoms. The van der Waals surface area contributed by atoms with E-state index in [1.807, 2.05) is 45.0 Å². The number of aromatic nitrogens is 5. The number of nitrogens with zero attached hydrogens (tertiary/aromatic N) is 8. The van der Waals surface area contributed by atoms with E-state index in [9.17, 15) is 14.4 Å². The summed E-state index contributed by atoms with van der Waals surface area (Å²) in [7, 11) is 0. The SMILES string of the molecule is Cc1c([C@@H](C)NC(=O)c2noc(C(C)(C)C)n2)ccc(-c2[nH]nc3ncc(-c4ccc(N5CCN(CC6CCN(c7ccc(N8CCC(=O)NC8=O)cc7)CC6)CC5)cc4)cc23)c1F. The lowest BCUT2D eigenvalue weighted by Gasteiger charge is -2.40. The molecule has 0 saturated carbocycles. The van der Waals surface area contributed by atoms with Gasteiger partial charge in [0.2, 0.25) is 11.8 Å². The molecule has 0 unspecified atom stereocenters. The minimum absolute atomic E-state index is 0.0676. The lowest BCUT2D eigenvalue weighted by atomic mass is 9.95. The highest BCUT2D eigenvalue weighted by atomic mass is 19.1. The number of pyridine rings is 1. The molecule has 3 aromatic heterocycles. The Hall–Kier alpha value is -6.68. The summed E-state index contributed by atoms with van der Waals surface area (Å²) in [4.78, 5) is 54.7. The molecule has 15 nitrogen and oxygen atoms in total. The van der Waals surface area contributed by atoms with Crippen molar-refractivity contribution in [3.05, 3.63) is 102 Å². The van der Waals surface area contributed by atoms with Crippen molar-refractivity contribution < 1.29 is 23.3 Å². The van der Waals surface area contributed by atoms with Crippen LogP contribution in [0.15, 0.2) is 77.4 Å². The lowest BCUT2D eigenvalue weighted by molar-refractivity contribution is -0.120. The highest BCUT2D eigenvalue weighted by Crippen LogP contribution is 2.35. The number of halogens is 1. The molecule has 0 bridgehead atoms. The van der Waals surface area contributed by atoms with Crippen molar-refractivity contribution in [2.24, 2.45) is 5.92 Å². The average molecular weight is 868 g/mol. The van der Waals surface area contributed by atoms with Crippen LogP contribution in [0.5, 0.6) is 0 Å². The highest BCUT2D eigenvalue weighted by molar-refractivity contribution is 6.05. The number of carbonyl (C=O) groups is 3. The predicted octanol–water partition coefficient (Wildman–Crippen LogP) is 7.40. The Morgan fingerprint density at radius 2 is 1.56 bits per heavy atom. The van der Waals surface area contributed by atoms with E-state index in [1.54, 1.807) is 31.0 Å². The first-order valence-electron chi connectivity index (χ1n) is 22.1. The van der Waals surface area contributed by atoms with Crippen LogP contribution in [0.25, 0.3) is 33.4 Å². The number of H-pyrrole nitrogens is 1. The van der Waals surface area contributed by atoms with Crippen LogP contribution in [0.2, 0.25) is 0 Å². The van der Waals surface area contributed by atoms with Gasteiger partial charge in [0.1, 0.15) is 5.82 Å². The Morgan fingerprint density at radius 1 is 0.891 bits per heavy atom. The maximum atomic E-state index is 16.2. The molecule has 3 aromatic carbocycles. The van der Waals surface area contributed by atoms with E-state index in [-0.39, 0.29) is 17.8 Å². The van der Waals surface area contributed by atoms with E-state index in [0.29, 0.717) is 58.2 Å². The summed E-state index contributed by atoms with van der Waals surface area (Å²) in [6, 6.07) is 21.3. The number of amides is 4. The number of nitrogens with one attached hydrogen (secondary N) is 3. The maximum Gasteiger partial charge on any atom is 0.328 e. The third kappa shape index (κ3) is 8.78. The number of hydrogen-bond acceptors (Lipinski definition) is 11. The zero-order chi connectivity index (χ0) is 44.7. The molecular formula is C48H54FN11O4. The minimum Gasteiger partial charge on any atom is -0.372 e. The first-order valence-corrected chi connectivity index (χ1v) is 22.1. The number of fused-ring (bicyclic) bond motifs is 1. The number of rotatable bonds is 10. The molecule has 6 heterocycles. The molecule has 16 heteroatoms. The largest absolute Gasteiger partial charge is 0.372 e. The summed E-state index contributed by atoms with van der Waals surface area (Å²) in [5.74, 6) is -0.185. The Morgan fingerprint density at radius 3 is 2.23 bits per heavy atom. The summed E-state index contributed by atoms with van der Waals surface area (Å²) >= 11 is 0. The van der Waals surface area contributed by atoms with Gasteiger partial charge in [0.15, 0.2) is 5.65 Å². The Balaban J connectivity index is 0.780. The number of urea groups is 1. The van der Waals surface area contributed by atoms with Crippen LogP contribution in [-0.4, -0.2) is 100 Å². The van der Waals surface area contributed by atoms with E-state index < -0.39 is 23.2 Å². The highest BCUT2D eigenvalue weighted by Gasteiger charge is 2.28. The fourth-order valence-corrected chi connectivity index (χ4v) is 9.03. The molecule has 3 fully saturated rings. The lowest BCUT2D eigenvalue weighted by Crippen LogP contribution is -2.49. The van der Waals surface area contributed by atoms with Gasteiger partial charge in [0.05, 0.1) is 11.7 Å². The van der Waals surface area contributed by atoms with Gasteiger partial charge in [-0.25, -0.2) is 14.2 Å². The smallest absolute Gasteiger partial charge is 0.328 e. The predicted molar refractivity (Wildman–Crippen MR) is 244 cm³/mol. The van der Waals surface area contributed by atoms with E-state index in [0.717, 1.165) is 75.5 Å². The standard InChI is InChI=1S/C48H54FN11O4/c1-29-37(30(2)51-45(62)44-53-46(64-56-44)48(3,4)5)14-15-38(41(29)49)42-39-26-33(27-50-43(39)55-54-42)32-6-8-34(9-7-32)59-24-22-57(23-25-59)28-31-16-19-58(20-17-31)35-10-12-36(13-11-35)60-21-18-40(61)52-47(60)63/h6-15,26-27,30-31H,16-25,28H2,1-5H3,(H,51,62)(H,50,54,55)(H,52,61,63)/t30-/m1/s1. The Kier molecular flexibility index (Phi) is 11.6. The topological polar surface area (TPSA) is 169 Å². The second kappa shape index (κ2) is 17.5. The number of carbonyl (C=O) groups excluding carboxylic acids is 3. The maximum absolute atomic E-state index is 16.2. The molecule has 3 saturated heterocycles. The normalized spacial score (nSPS) is 17.2. The van der Waals surface area contributed by atoms with E-state index in [4.69, 9.17) is 4.52 Å². The third-order valence-corrected chi connectivity index (χ3v) is 12.8. The quantitative estimate of drug-likeness (QED) is 0.126. The first-order chi connectivity index (χ1) is 30.8. The van der Waals surface area contributed by atoms with Gasteiger partial charge in [-0.3, -0.25) is 29.8 Å². The van der Waals surface area contributed by atoms with Crippen LogP contribution in [-0.2, 0) is 10.2 Å². The second-order valence-electron chi connectivity index (χ2n) is 18.2. The number of aromatic amines is 1. The monoisotopic (exact) mass is 867 g/mol. The van der Waals surface area contributed by atoms with Crippen molar-refractivity contribution in [1.29, 1.82) is 0 Å². The molecule has 4 amide bonds. The van der Waals surface area contributed by atoms with Crippen LogP contribution in [0.4, 0.5) is 26.2 Å². The fourth-order valence-electron chi connectivity index (χ4n) is 9.03. The van der Waals surface area contributed by atoms with Crippen molar-refractivity contribution in [1.82, 2.24) is 40.9 Å². The van der Waals surface area contributed by atoms with E-state index >= 15 is 4.39 Å². The van der Waals surface area contributed by atoms with Crippen molar-refractivity contribution in [2.45, 2.75) is 65.3 Å². The molecule has 3 aliphatic rings. The number of imide groups is 1. The number of piperazine rings is 1. The van der Waals surface area contributed by atoms with Crippen LogP contribution in [0, 0.1) is 18.7 Å². The number of piperidine rings is 1. The molecule has 9 rings (SSSR count). The van der Waals surface area contributed by atoms with Gasteiger partial charge in [-0.1, -0.05) is 44.1 Å². The fraction of sp³-hybridized carbons (Fsp3) is 0.396. The Bertz CT molecular complexity index is 2670. The molecule has 332 valence electrons. The molecule has 3 aliphatic heterocycles. The van der Waals surface area contributed by atoms with Crippen molar-refractivity contribution in [3.8, 4) is 22.4 Å². The summed E-state index contributed by atoms with van der Waals surface area (Å²) in [6.07, 6.45) is 4.40. The Labute approximate surface area is 371 Å². The van der Waals surface area contributed by atoms with Crippen molar-refractivity contribution in [3.63, 3.8) is 0 Å². The van der Waals surface area contributed by atoms with E-state index in [1.165, 1.54) is 11.4 Å². The summed E-state index contributed by atoms with van der Waals surface area (Å²) in [6.45, 7) is 16.8. The van der Waals surface area contributed by atoms with E-state index in [2.05, 4.69) is 87.1 Å². The average Bonchev–Trinajstić information content (AvgIpc) is 3.97. The van der Waals surface area contributed by atoms with Gasteiger partial charge in [-0.2, -0.15) is 10.1 Å². The third-order valence-electron chi connectivity index (χ3n) is 12.8. The summed E-state index contributed by atoms with van der Waals surface area (Å²) in [5, 5.41) is 17.2. The zero-order valence-electron chi connectivity index (χ0n) is 36.9. The molecule has 0 radical (unpaired) electrons. The number of anilines is 3. The van der Waals surface area contributed by atoms with Crippen molar-refractivity contribution in [2.75, 3.05) is 67.1 Å². The van der Waals surface area contributed by atoms with Crippen LogP contribution >= 0.6 is 0 Å². The molecule has 6 aromatic rings. The number of hydrogen-bond donors (Lipinski definition) is 3. The van der Waals surface area contributed by atoms with Gasteiger partial charge < -0.3 is 19.6 Å². The minimum atomic E-state index is -0.520. The van der Waals surface area contributed by atoms with Gasteiger partial charge in [-0.15, -0.1) is 0 Å². The molecular weight excluding hydrogens is 814 g/mol. The summed E-state index contributed by atoms with van der Waals surface area (Å²) < 4.78 is 21.5. The zero-order valence-corrected chi connectivity index (χ0v) is 36.9. The second-order valence-corrected chi connectivity index (χ2v) is 18.2. The van der Waals surface area contributed by atoms with Crippen molar-refractivity contribution >= 4 is 45.9 Å². The van der Waals surface area contributed by atoms with Crippen LogP contribution in [0.3, 0.4) is 0 Å².